The van der Waals surface area contributed by atoms with Crippen molar-refractivity contribution in [2.24, 2.45) is 17.8 Å². The van der Waals surface area contributed by atoms with Crippen LogP contribution >= 0.6 is 15.9 Å². The number of carbonyl (C=O) groups excluding carboxylic acids is 1. The molecule has 1 aromatic rings. The molecular weight excluding hydrogens is 316 g/mol. The van der Waals surface area contributed by atoms with E-state index in [9.17, 15) is 9.90 Å². The summed E-state index contributed by atoms with van der Waals surface area (Å²) in [5, 5.41) is 9.72. The van der Waals surface area contributed by atoms with Crippen LogP contribution in [0, 0.1) is 17.8 Å². The summed E-state index contributed by atoms with van der Waals surface area (Å²) < 4.78 is 0. The Morgan fingerprint density at radius 1 is 1.05 bits per heavy atom. The van der Waals surface area contributed by atoms with Crippen LogP contribution in [0.15, 0.2) is 18.2 Å². The maximum Gasteiger partial charge on any atom is 0.136 e. The summed E-state index contributed by atoms with van der Waals surface area (Å²) in [7, 11) is 0. The number of carbonyl (C=O) groups is 1. The molecule has 2 saturated carbocycles. The Morgan fingerprint density at radius 3 is 2.70 bits per heavy atom. The van der Waals surface area contributed by atoms with E-state index >= 15 is 0 Å². The Kier molecular flexibility index (Phi) is 2.95. The lowest BCUT2D eigenvalue weighted by Gasteiger charge is -2.45. The summed E-state index contributed by atoms with van der Waals surface area (Å²) in [6.07, 6.45) is 5.20. The monoisotopic (exact) mass is 334 g/mol. The lowest BCUT2D eigenvalue weighted by molar-refractivity contribution is -0.122. The zero-order chi connectivity index (χ0) is 13.9. The number of hydrogen-bond donors (Lipinski definition) is 1. The molecule has 5 unspecified atom stereocenters. The highest BCUT2D eigenvalue weighted by Crippen LogP contribution is 2.57. The van der Waals surface area contributed by atoms with Crippen LogP contribution in [0.2, 0.25) is 0 Å². The first-order valence-electron chi connectivity index (χ1n) is 7.64. The fourth-order valence-corrected chi connectivity index (χ4v) is 5.78. The van der Waals surface area contributed by atoms with Crippen LogP contribution in [0.3, 0.4) is 0 Å². The average molecular weight is 335 g/mol. The third kappa shape index (κ3) is 1.78. The first kappa shape index (κ1) is 12.9. The van der Waals surface area contributed by atoms with Crippen molar-refractivity contribution in [2.45, 2.75) is 42.8 Å². The van der Waals surface area contributed by atoms with Crippen LogP contribution in [0.1, 0.15) is 54.0 Å². The SMILES string of the molecule is O=C1CCC2C1CCC1c3ccc(O)cc3C(Br)CC12. The molecule has 2 fully saturated rings. The topological polar surface area (TPSA) is 37.3 Å². The fourth-order valence-electron chi connectivity index (χ4n) is 4.96. The lowest BCUT2D eigenvalue weighted by Crippen LogP contribution is -2.36. The zero-order valence-electron chi connectivity index (χ0n) is 11.4. The number of benzene rings is 1. The molecule has 0 aliphatic heterocycles. The number of aromatic hydroxyl groups is 1. The molecule has 0 amide bonds. The normalized spacial score (nSPS) is 39.0. The molecule has 20 heavy (non-hydrogen) atoms. The average Bonchev–Trinajstić information content (AvgIpc) is 2.81. The Bertz CT molecular complexity index is 568. The molecule has 0 bridgehead atoms. The highest BCUT2D eigenvalue weighted by atomic mass is 79.9. The van der Waals surface area contributed by atoms with Crippen molar-refractivity contribution in [3.63, 3.8) is 0 Å². The van der Waals surface area contributed by atoms with Crippen molar-refractivity contribution in [2.75, 3.05) is 0 Å². The Balaban J connectivity index is 1.74. The van der Waals surface area contributed by atoms with E-state index in [1.165, 1.54) is 11.1 Å². The Labute approximate surface area is 127 Å². The van der Waals surface area contributed by atoms with Gasteiger partial charge in [0.25, 0.3) is 0 Å². The predicted molar refractivity (Wildman–Crippen MR) is 81.1 cm³/mol. The van der Waals surface area contributed by atoms with E-state index in [4.69, 9.17) is 0 Å². The highest BCUT2D eigenvalue weighted by molar-refractivity contribution is 9.09. The second kappa shape index (κ2) is 4.59. The number of Topliss-reactive ketones (excluding diaryl/α,β-unsaturated/α-hetero) is 1. The number of ketones is 1. The van der Waals surface area contributed by atoms with Crippen LogP contribution in [0.4, 0.5) is 0 Å². The van der Waals surface area contributed by atoms with E-state index in [2.05, 4.69) is 22.0 Å². The van der Waals surface area contributed by atoms with E-state index in [0.717, 1.165) is 32.1 Å². The van der Waals surface area contributed by atoms with Crippen molar-refractivity contribution >= 4 is 21.7 Å². The van der Waals surface area contributed by atoms with Crippen LogP contribution in [0.5, 0.6) is 5.75 Å². The van der Waals surface area contributed by atoms with E-state index in [-0.39, 0.29) is 0 Å². The largest absolute Gasteiger partial charge is 0.508 e. The quantitative estimate of drug-likeness (QED) is 0.717. The third-order valence-electron chi connectivity index (χ3n) is 5.80. The minimum Gasteiger partial charge on any atom is -0.508 e. The molecule has 1 aromatic carbocycles. The summed E-state index contributed by atoms with van der Waals surface area (Å²) in [4.78, 5) is 12.3. The van der Waals surface area contributed by atoms with Gasteiger partial charge in [-0.3, -0.25) is 4.79 Å². The van der Waals surface area contributed by atoms with Crippen LogP contribution in [-0.4, -0.2) is 10.9 Å². The first-order chi connectivity index (χ1) is 9.65. The van der Waals surface area contributed by atoms with E-state index in [1.807, 2.05) is 12.1 Å². The number of phenols is 1. The van der Waals surface area contributed by atoms with Crippen molar-refractivity contribution in [1.82, 2.24) is 0 Å². The van der Waals surface area contributed by atoms with Gasteiger partial charge in [0.05, 0.1) is 0 Å². The summed E-state index contributed by atoms with van der Waals surface area (Å²) in [6.45, 7) is 0. The Morgan fingerprint density at radius 2 is 1.85 bits per heavy atom. The van der Waals surface area contributed by atoms with Crippen LogP contribution in [-0.2, 0) is 4.79 Å². The smallest absolute Gasteiger partial charge is 0.136 e. The highest BCUT2D eigenvalue weighted by Gasteiger charge is 2.48. The molecule has 0 heterocycles. The van der Waals surface area contributed by atoms with Gasteiger partial charge in [0, 0.05) is 17.2 Å². The molecule has 3 aliphatic carbocycles. The second-order valence-corrected chi connectivity index (χ2v) is 7.74. The molecule has 5 atom stereocenters. The number of phenolic OH excluding ortho intramolecular Hbond substituents is 1. The number of fused-ring (bicyclic) bond motifs is 5. The maximum absolute atomic E-state index is 12.0. The number of rotatable bonds is 0. The third-order valence-corrected chi connectivity index (χ3v) is 6.66. The van der Waals surface area contributed by atoms with Crippen LogP contribution in [0.25, 0.3) is 0 Å². The molecular formula is C17H19BrO2. The van der Waals surface area contributed by atoms with Crippen LogP contribution < -0.4 is 0 Å². The van der Waals surface area contributed by atoms with Crippen molar-refractivity contribution < 1.29 is 9.90 Å². The van der Waals surface area contributed by atoms with Gasteiger partial charge in [0.1, 0.15) is 11.5 Å². The molecule has 2 nitrogen and oxygen atoms in total. The molecule has 1 N–H and O–H groups in total. The molecule has 106 valence electrons. The van der Waals surface area contributed by atoms with E-state index in [1.54, 1.807) is 0 Å². The summed E-state index contributed by atoms with van der Waals surface area (Å²) >= 11 is 3.80. The fraction of sp³-hybridized carbons (Fsp3) is 0.588. The van der Waals surface area contributed by atoms with Crippen molar-refractivity contribution in [1.29, 1.82) is 0 Å². The van der Waals surface area contributed by atoms with Gasteiger partial charge in [0.2, 0.25) is 0 Å². The molecule has 3 heteroatoms. The summed E-state index contributed by atoms with van der Waals surface area (Å²) in [6, 6.07) is 5.83. The minimum atomic E-state index is 0.320. The molecule has 3 aliphatic rings. The van der Waals surface area contributed by atoms with Crippen molar-refractivity contribution in [3.05, 3.63) is 29.3 Å². The molecule has 0 spiro atoms. The lowest BCUT2D eigenvalue weighted by atomic mass is 9.61. The summed E-state index contributed by atoms with van der Waals surface area (Å²) in [5.41, 5.74) is 2.66. The second-order valence-electron chi connectivity index (χ2n) is 6.64. The number of hydrogen-bond acceptors (Lipinski definition) is 2. The minimum absolute atomic E-state index is 0.320. The van der Waals surface area contributed by atoms with Gasteiger partial charge in [-0.15, -0.1) is 0 Å². The molecule has 0 aromatic heterocycles. The molecule has 4 rings (SSSR count). The van der Waals surface area contributed by atoms with E-state index < -0.39 is 0 Å². The van der Waals surface area contributed by atoms with Gasteiger partial charge in [-0.05, 0) is 66.7 Å². The van der Waals surface area contributed by atoms with Gasteiger partial charge >= 0.3 is 0 Å². The van der Waals surface area contributed by atoms with Crippen molar-refractivity contribution in [3.8, 4) is 5.75 Å². The van der Waals surface area contributed by atoms with Gasteiger partial charge in [0.15, 0.2) is 0 Å². The van der Waals surface area contributed by atoms with Gasteiger partial charge in [-0.25, -0.2) is 0 Å². The zero-order valence-corrected chi connectivity index (χ0v) is 13.0. The number of halogens is 1. The summed E-state index contributed by atoms with van der Waals surface area (Å²) in [5.74, 6) is 3.04. The van der Waals surface area contributed by atoms with Gasteiger partial charge in [-0.1, -0.05) is 22.0 Å². The number of alkyl halides is 1. The Hall–Kier alpha value is -0.830. The molecule has 0 saturated heterocycles. The maximum atomic E-state index is 12.0. The van der Waals surface area contributed by atoms with E-state index in [0.29, 0.717) is 40.0 Å². The van der Waals surface area contributed by atoms with Gasteiger partial charge < -0.3 is 5.11 Å². The molecule has 0 radical (unpaired) electrons. The predicted octanol–water partition coefficient (Wildman–Crippen LogP) is 4.32. The van der Waals surface area contributed by atoms with Gasteiger partial charge in [-0.2, -0.15) is 0 Å². The standard InChI is InChI=1S/C17H19BrO2/c18-16-8-14-10(11-2-1-9(19)7-15(11)16)3-4-13-12(14)5-6-17(13)20/h1-2,7,10,12-14,16,19H,3-6,8H2. The first-order valence-corrected chi connectivity index (χ1v) is 8.56.